The first kappa shape index (κ1) is 12.6. The van der Waals surface area contributed by atoms with Gasteiger partial charge in [-0.1, -0.05) is 11.3 Å². The average molecular weight is 288 g/mol. The van der Waals surface area contributed by atoms with Crippen molar-refractivity contribution in [3.05, 3.63) is 36.9 Å². The maximum absolute atomic E-state index is 5.36. The molecule has 6 nitrogen and oxygen atoms in total. The van der Waals surface area contributed by atoms with Crippen LogP contribution < -0.4 is 9.47 Å². The van der Waals surface area contributed by atoms with E-state index in [0.717, 1.165) is 27.2 Å². The Bertz CT molecular complexity index is 709. The summed E-state index contributed by atoms with van der Waals surface area (Å²) in [5.74, 6) is 1.49. The second-order valence-electron chi connectivity index (χ2n) is 3.93. The van der Waals surface area contributed by atoms with Crippen LogP contribution in [-0.2, 0) is 0 Å². The van der Waals surface area contributed by atoms with Crippen LogP contribution in [0.4, 0.5) is 0 Å². The molecule has 0 bridgehead atoms. The van der Waals surface area contributed by atoms with Crippen molar-refractivity contribution < 1.29 is 9.47 Å². The Kier molecular flexibility index (Phi) is 3.34. The van der Waals surface area contributed by atoms with E-state index in [1.165, 1.54) is 11.3 Å². The summed E-state index contributed by atoms with van der Waals surface area (Å²) in [5.41, 5.74) is 0.857. The number of nitrogens with zero attached hydrogens (tertiary/aromatic N) is 4. The van der Waals surface area contributed by atoms with Crippen LogP contribution in [0.15, 0.2) is 36.9 Å². The normalized spacial score (nSPS) is 10.5. The van der Waals surface area contributed by atoms with Gasteiger partial charge in [-0.05, 0) is 18.2 Å². The lowest BCUT2D eigenvalue weighted by atomic mass is 10.2. The number of rotatable bonds is 4. The largest absolute Gasteiger partial charge is 0.497 e. The van der Waals surface area contributed by atoms with Crippen LogP contribution in [-0.4, -0.2) is 34.0 Å². The molecule has 20 heavy (non-hydrogen) atoms. The van der Waals surface area contributed by atoms with Crippen LogP contribution in [0.1, 0.15) is 0 Å². The minimum absolute atomic E-state index is 0.735. The molecule has 0 aliphatic carbocycles. The summed E-state index contributed by atoms with van der Waals surface area (Å²) in [5, 5.41) is 9.89. The molecule has 0 radical (unpaired) electrons. The summed E-state index contributed by atoms with van der Waals surface area (Å²) >= 11 is 1.46. The maximum Gasteiger partial charge on any atom is 0.217 e. The molecule has 0 unspecified atom stereocenters. The Labute approximate surface area is 119 Å². The van der Waals surface area contributed by atoms with Gasteiger partial charge in [0, 0.05) is 12.4 Å². The molecule has 0 aliphatic rings. The molecule has 2 aromatic heterocycles. The number of aromatic nitrogens is 4. The number of ether oxygens (including phenoxy) is 2. The lowest BCUT2D eigenvalue weighted by Gasteiger charge is -2.07. The van der Waals surface area contributed by atoms with Gasteiger partial charge >= 0.3 is 0 Å². The van der Waals surface area contributed by atoms with Gasteiger partial charge in [0.05, 0.1) is 19.8 Å². The van der Waals surface area contributed by atoms with Crippen molar-refractivity contribution in [2.24, 2.45) is 0 Å². The lowest BCUT2D eigenvalue weighted by molar-refractivity contribution is 0.404. The highest BCUT2D eigenvalue weighted by Crippen LogP contribution is 2.35. The molecule has 0 atom stereocenters. The molecule has 3 aromatic rings. The third-order valence-corrected chi connectivity index (χ3v) is 3.75. The number of benzene rings is 1. The van der Waals surface area contributed by atoms with Crippen molar-refractivity contribution >= 4 is 11.3 Å². The molecular formula is C13H12N4O2S. The van der Waals surface area contributed by atoms with Gasteiger partial charge in [-0.2, -0.15) is 0 Å². The third kappa shape index (κ3) is 2.23. The Morgan fingerprint density at radius 3 is 2.75 bits per heavy atom. The van der Waals surface area contributed by atoms with Crippen LogP contribution >= 0.6 is 11.3 Å². The van der Waals surface area contributed by atoms with Gasteiger partial charge in [0.25, 0.3) is 0 Å². The Morgan fingerprint density at radius 2 is 2.05 bits per heavy atom. The predicted molar refractivity (Wildman–Crippen MR) is 75.6 cm³/mol. The van der Waals surface area contributed by atoms with Crippen molar-refractivity contribution in [3.8, 4) is 27.2 Å². The molecule has 1 aromatic carbocycles. The van der Waals surface area contributed by atoms with Crippen LogP contribution in [0, 0.1) is 0 Å². The topological polar surface area (TPSA) is 62.1 Å². The molecule has 0 saturated carbocycles. The minimum atomic E-state index is 0.735. The number of imidazole rings is 1. The molecule has 0 saturated heterocycles. The van der Waals surface area contributed by atoms with Crippen molar-refractivity contribution in [1.82, 2.24) is 19.7 Å². The Hall–Kier alpha value is -2.41. The van der Waals surface area contributed by atoms with Crippen LogP contribution in [0.25, 0.3) is 15.7 Å². The fraction of sp³-hybridized carbons (Fsp3) is 0.154. The van der Waals surface area contributed by atoms with E-state index in [4.69, 9.17) is 9.47 Å². The van der Waals surface area contributed by atoms with Gasteiger partial charge in [0.1, 0.15) is 17.8 Å². The summed E-state index contributed by atoms with van der Waals surface area (Å²) in [6.07, 6.45) is 5.22. The highest BCUT2D eigenvalue weighted by molar-refractivity contribution is 7.17. The minimum Gasteiger partial charge on any atom is -0.497 e. The number of hydrogen-bond donors (Lipinski definition) is 0. The summed E-state index contributed by atoms with van der Waals surface area (Å²) in [6, 6.07) is 5.59. The lowest BCUT2D eigenvalue weighted by Crippen LogP contribution is -1.90. The quantitative estimate of drug-likeness (QED) is 0.737. The van der Waals surface area contributed by atoms with Gasteiger partial charge in [0.2, 0.25) is 5.13 Å². The Morgan fingerprint density at radius 1 is 1.15 bits per heavy atom. The monoisotopic (exact) mass is 288 g/mol. The van der Waals surface area contributed by atoms with E-state index in [-0.39, 0.29) is 0 Å². The van der Waals surface area contributed by atoms with E-state index in [1.54, 1.807) is 26.7 Å². The zero-order valence-corrected chi connectivity index (χ0v) is 11.8. The zero-order chi connectivity index (χ0) is 13.9. The van der Waals surface area contributed by atoms with E-state index in [1.807, 2.05) is 29.0 Å². The van der Waals surface area contributed by atoms with Gasteiger partial charge < -0.3 is 9.47 Å². The SMILES string of the molecule is COc1ccc(OC)c(-c2nnc(-n3ccnc3)s2)c1. The molecule has 2 heterocycles. The standard InChI is InChI=1S/C13H12N4O2S/c1-18-9-3-4-11(19-2)10(7-9)12-15-16-13(20-12)17-6-5-14-8-17/h3-8H,1-2H3. The second-order valence-corrected chi connectivity index (χ2v) is 4.88. The molecule has 0 fully saturated rings. The third-order valence-electron chi connectivity index (χ3n) is 2.78. The molecule has 0 aliphatic heterocycles. The molecule has 0 N–H and O–H groups in total. The van der Waals surface area contributed by atoms with E-state index in [0.29, 0.717) is 0 Å². The highest BCUT2D eigenvalue weighted by atomic mass is 32.1. The van der Waals surface area contributed by atoms with Gasteiger partial charge in [-0.15, -0.1) is 10.2 Å². The van der Waals surface area contributed by atoms with Crippen LogP contribution in [0.5, 0.6) is 11.5 Å². The zero-order valence-electron chi connectivity index (χ0n) is 11.0. The van der Waals surface area contributed by atoms with E-state index in [9.17, 15) is 0 Å². The van der Waals surface area contributed by atoms with Gasteiger partial charge in [-0.25, -0.2) is 4.98 Å². The average Bonchev–Trinajstić information content (AvgIpc) is 3.17. The first-order chi connectivity index (χ1) is 9.81. The smallest absolute Gasteiger partial charge is 0.217 e. The predicted octanol–water partition coefficient (Wildman–Crippen LogP) is 2.41. The summed E-state index contributed by atoms with van der Waals surface area (Å²) in [4.78, 5) is 4.00. The molecule has 0 amide bonds. The van der Waals surface area contributed by atoms with Crippen molar-refractivity contribution in [3.63, 3.8) is 0 Å². The highest BCUT2D eigenvalue weighted by Gasteiger charge is 2.13. The van der Waals surface area contributed by atoms with E-state index < -0.39 is 0 Å². The maximum atomic E-state index is 5.36. The van der Waals surface area contributed by atoms with Crippen molar-refractivity contribution in [2.45, 2.75) is 0 Å². The number of hydrogen-bond acceptors (Lipinski definition) is 6. The van der Waals surface area contributed by atoms with Crippen LogP contribution in [0.3, 0.4) is 0 Å². The number of methoxy groups -OCH3 is 2. The molecule has 102 valence electrons. The molecule has 3 rings (SSSR count). The molecular weight excluding hydrogens is 276 g/mol. The summed E-state index contributed by atoms with van der Waals surface area (Å²) in [7, 11) is 3.26. The van der Waals surface area contributed by atoms with E-state index >= 15 is 0 Å². The van der Waals surface area contributed by atoms with Crippen molar-refractivity contribution in [2.75, 3.05) is 14.2 Å². The first-order valence-electron chi connectivity index (χ1n) is 5.86. The fourth-order valence-electron chi connectivity index (χ4n) is 1.78. The van der Waals surface area contributed by atoms with Crippen molar-refractivity contribution in [1.29, 1.82) is 0 Å². The van der Waals surface area contributed by atoms with Gasteiger partial charge in [0.15, 0.2) is 5.01 Å². The first-order valence-corrected chi connectivity index (χ1v) is 6.67. The summed E-state index contributed by atoms with van der Waals surface area (Å²) in [6.45, 7) is 0. The molecule has 7 heteroatoms. The fourth-order valence-corrected chi connectivity index (χ4v) is 2.60. The molecule has 0 spiro atoms. The van der Waals surface area contributed by atoms with Crippen LogP contribution in [0.2, 0.25) is 0 Å². The van der Waals surface area contributed by atoms with E-state index in [2.05, 4.69) is 15.2 Å². The summed E-state index contributed by atoms with van der Waals surface area (Å²) < 4.78 is 12.4. The Balaban J connectivity index is 2.04. The van der Waals surface area contributed by atoms with Gasteiger partial charge in [-0.3, -0.25) is 4.57 Å². The second kappa shape index (κ2) is 5.30.